The van der Waals surface area contributed by atoms with Gasteiger partial charge in [-0.3, -0.25) is 9.59 Å². The number of carbonyl (C=O) groups is 2. The van der Waals surface area contributed by atoms with Gasteiger partial charge in [-0.1, -0.05) is 0 Å². The van der Waals surface area contributed by atoms with E-state index in [1.54, 1.807) is 24.3 Å². The lowest BCUT2D eigenvalue weighted by Gasteiger charge is -2.11. The first-order valence-electron chi connectivity index (χ1n) is 8.29. The second-order valence-electron chi connectivity index (χ2n) is 6.25. The minimum absolute atomic E-state index is 0.0461. The summed E-state index contributed by atoms with van der Waals surface area (Å²) < 4.78 is 23.0. The van der Waals surface area contributed by atoms with E-state index in [4.69, 9.17) is 0 Å². The lowest BCUT2D eigenvalue weighted by molar-refractivity contribution is -0.114. The monoisotopic (exact) mass is 389 g/mol. The van der Waals surface area contributed by atoms with Crippen molar-refractivity contribution in [3.63, 3.8) is 0 Å². The summed E-state index contributed by atoms with van der Waals surface area (Å²) in [6.45, 7) is 1.43. The van der Waals surface area contributed by atoms with Gasteiger partial charge in [0, 0.05) is 30.4 Å². The van der Waals surface area contributed by atoms with Crippen LogP contribution in [0.15, 0.2) is 36.7 Å². The molecule has 142 valence electrons. The third-order valence-corrected chi connectivity index (χ3v) is 5.71. The third-order valence-electron chi connectivity index (χ3n) is 3.95. The Morgan fingerprint density at radius 2 is 1.81 bits per heavy atom. The molecular weight excluding hydrogens is 370 g/mol. The maximum Gasteiger partial charge on any atom is 0.270 e. The van der Waals surface area contributed by atoms with Crippen molar-refractivity contribution in [1.29, 1.82) is 0 Å². The van der Waals surface area contributed by atoms with Crippen molar-refractivity contribution in [2.24, 2.45) is 0 Å². The topological polar surface area (TPSA) is 130 Å². The SMILES string of the molecule is CC(=O)Nc1ccc(Nc2cc(C(=O)NC3CCS(=O)(=O)C3)ncn2)cc1. The highest BCUT2D eigenvalue weighted by Crippen LogP contribution is 2.18. The van der Waals surface area contributed by atoms with Crippen LogP contribution in [-0.4, -0.2) is 47.7 Å². The Bertz CT molecular complexity index is 960. The van der Waals surface area contributed by atoms with Crippen molar-refractivity contribution < 1.29 is 18.0 Å². The number of amides is 2. The van der Waals surface area contributed by atoms with E-state index in [9.17, 15) is 18.0 Å². The zero-order chi connectivity index (χ0) is 19.4. The summed E-state index contributed by atoms with van der Waals surface area (Å²) in [6, 6.07) is 8.08. The van der Waals surface area contributed by atoms with Gasteiger partial charge in [-0.2, -0.15) is 0 Å². The lowest BCUT2D eigenvalue weighted by atomic mass is 10.2. The molecule has 2 amide bonds. The molecule has 1 aromatic heterocycles. The smallest absolute Gasteiger partial charge is 0.270 e. The maximum absolute atomic E-state index is 12.3. The van der Waals surface area contributed by atoms with Crippen LogP contribution in [0.5, 0.6) is 0 Å². The molecule has 0 spiro atoms. The van der Waals surface area contributed by atoms with Crippen LogP contribution < -0.4 is 16.0 Å². The molecule has 2 aromatic rings. The van der Waals surface area contributed by atoms with Crippen molar-refractivity contribution >= 4 is 38.8 Å². The number of hydrogen-bond donors (Lipinski definition) is 3. The molecular formula is C17H19N5O4S. The molecule has 1 unspecified atom stereocenters. The van der Waals surface area contributed by atoms with Crippen molar-refractivity contribution in [2.75, 3.05) is 22.1 Å². The Morgan fingerprint density at radius 1 is 1.11 bits per heavy atom. The van der Waals surface area contributed by atoms with E-state index in [0.29, 0.717) is 17.9 Å². The molecule has 1 aliphatic heterocycles. The zero-order valence-electron chi connectivity index (χ0n) is 14.6. The van der Waals surface area contributed by atoms with Gasteiger partial charge >= 0.3 is 0 Å². The number of aromatic nitrogens is 2. The Hall–Kier alpha value is -3.01. The first-order chi connectivity index (χ1) is 12.8. The van der Waals surface area contributed by atoms with Gasteiger partial charge in [0.15, 0.2) is 9.84 Å². The molecule has 1 saturated heterocycles. The number of sulfone groups is 1. The zero-order valence-corrected chi connectivity index (χ0v) is 15.4. The Morgan fingerprint density at radius 3 is 2.44 bits per heavy atom. The fourth-order valence-corrected chi connectivity index (χ4v) is 4.38. The molecule has 1 fully saturated rings. The summed E-state index contributed by atoms with van der Waals surface area (Å²) >= 11 is 0. The van der Waals surface area contributed by atoms with E-state index in [-0.39, 0.29) is 23.1 Å². The van der Waals surface area contributed by atoms with Crippen molar-refractivity contribution in [1.82, 2.24) is 15.3 Å². The van der Waals surface area contributed by atoms with Crippen LogP contribution in [0, 0.1) is 0 Å². The molecule has 3 N–H and O–H groups in total. The highest BCUT2D eigenvalue weighted by molar-refractivity contribution is 7.91. The van der Waals surface area contributed by atoms with Crippen LogP contribution >= 0.6 is 0 Å². The quantitative estimate of drug-likeness (QED) is 0.698. The molecule has 10 heteroatoms. The third kappa shape index (κ3) is 5.23. The van der Waals surface area contributed by atoms with Gasteiger partial charge in [0.05, 0.1) is 11.5 Å². The van der Waals surface area contributed by atoms with Gasteiger partial charge in [0.1, 0.15) is 17.8 Å². The van der Waals surface area contributed by atoms with E-state index in [1.807, 2.05) is 0 Å². The summed E-state index contributed by atoms with van der Waals surface area (Å²) in [5, 5.41) is 8.41. The maximum atomic E-state index is 12.3. The van der Waals surface area contributed by atoms with Crippen LogP contribution in [0.2, 0.25) is 0 Å². The molecule has 0 radical (unpaired) electrons. The van der Waals surface area contributed by atoms with Gasteiger partial charge < -0.3 is 16.0 Å². The number of hydrogen-bond acceptors (Lipinski definition) is 7. The van der Waals surface area contributed by atoms with Gasteiger partial charge in [-0.25, -0.2) is 18.4 Å². The van der Waals surface area contributed by atoms with Gasteiger partial charge in [-0.05, 0) is 30.7 Å². The fourth-order valence-electron chi connectivity index (χ4n) is 2.71. The number of nitrogens with one attached hydrogen (secondary N) is 3. The molecule has 9 nitrogen and oxygen atoms in total. The van der Waals surface area contributed by atoms with Crippen molar-refractivity contribution in [3.8, 4) is 0 Å². The Labute approximate surface area is 156 Å². The molecule has 3 rings (SSSR count). The predicted molar refractivity (Wildman–Crippen MR) is 101 cm³/mol. The Kier molecular flexibility index (Phi) is 5.36. The number of anilines is 3. The van der Waals surface area contributed by atoms with E-state index in [1.165, 1.54) is 19.3 Å². The highest BCUT2D eigenvalue weighted by atomic mass is 32.2. The first kappa shape index (κ1) is 18.8. The van der Waals surface area contributed by atoms with E-state index in [0.717, 1.165) is 5.69 Å². The largest absolute Gasteiger partial charge is 0.347 e. The molecule has 1 aromatic carbocycles. The number of nitrogens with zero attached hydrogens (tertiary/aromatic N) is 2. The summed E-state index contributed by atoms with van der Waals surface area (Å²) in [5.74, 6) is -0.138. The number of rotatable bonds is 5. The van der Waals surface area contributed by atoms with Crippen LogP contribution in [0.1, 0.15) is 23.8 Å². The van der Waals surface area contributed by atoms with Crippen LogP contribution in [0.25, 0.3) is 0 Å². The number of benzene rings is 1. The molecule has 2 heterocycles. The normalized spacial score (nSPS) is 17.9. The summed E-state index contributed by atoms with van der Waals surface area (Å²) in [5.41, 5.74) is 1.53. The standard InChI is InChI=1S/C17H19N5O4S/c1-11(23)20-12-2-4-13(5-3-12)21-16-8-15(18-10-19-16)17(24)22-14-6-7-27(25,26)9-14/h2-5,8,10,14H,6-7,9H2,1H3,(H,20,23)(H,22,24)(H,18,19,21). The first-order valence-corrected chi connectivity index (χ1v) is 10.1. The molecule has 1 atom stereocenters. The lowest BCUT2D eigenvalue weighted by Crippen LogP contribution is -2.36. The van der Waals surface area contributed by atoms with E-state index >= 15 is 0 Å². The second kappa shape index (κ2) is 7.70. The van der Waals surface area contributed by atoms with Gasteiger partial charge in [0.25, 0.3) is 5.91 Å². The second-order valence-corrected chi connectivity index (χ2v) is 8.47. The minimum atomic E-state index is -3.07. The van der Waals surface area contributed by atoms with Crippen LogP contribution in [0.4, 0.5) is 17.2 Å². The predicted octanol–water partition coefficient (Wildman–Crippen LogP) is 1.10. The van der Waals surface area contributed by atoms with Crippen molar-refractivity contribution in [2.45, 2.75) is 19.4 Å². The van der Waals surface area contributed by atoms with E-state index < -0.39 is 21.8 Å². The fraction of sp³-hybridized carbons (Fsp3) is 0.294. The molecule has 1 aliphatic rings. The Balaban J connectivity index is 1.64. The van der Waals surface area contributed by atoms with E-state index in [2.05, 4.69) is 25.9 Å². The molecule has 27 heavy (non-hydrogen) atoms. The average Bonchev–Trinajstić information content (AvgIpc) is 2.95. The molecule has 0 bridgehead atoms. The molecule has 0 aliphatic carbocycles. The summed E-state index contributed by atoms with van der Waals surface area (Å²) in [6.07, 6.45) is 1.67. The van der Waals surface area contributed by atoms with Gasteiger partial charge in [-0.15, -0.1) is 0 Å². The van der Waals surface area contributed by atoms with Crippen LogP contribution in [0.3, 0.4) is 0 Å². The molecule has 0 saturated carbocycles. The van der Waals surface area contributed by atoms with Gasteiger partial charge in [0.2, 0.25) is 5.91 Å². The summed E-state index contributed by atoms with van der Waals surface area (Å²) in [7, 11) is -3.07. The highest BCUT2D eigenvalue weighted by Gasteiger charge is 2.29. The number of carbonyl (C=O) groups excluding carboxylic acids is 2. The van der Waals surface area contributed by atoms with Crippen molar-refractivity contribution in [3.05, 3.63) is 42.4 Å². The summed E-state index contributed by atoms with van der Waals surface area (Å²) in [4.78, 5) is 31.4. The minimum Gasteiger partial charge on any atom is -0.347 e. The van der Waals surface area contributed by atoms with Crippen LogP contribution in [-0.2, 0) is 14.6 Å². The average molecular weight is 389 g/mol.